The summed E-state index contributed by atoms with van der Waals surface area (Å²) < 4.78 is 5.36. The smallest absolute Gasteiger partial charge is 0.488 e. The Kier molecular flexibility index (Phi) is 8.74. The lowest BCUT2D eigenvalue weighted by Crippen LogP contribution is -2.54. The van der Waals surface area contributed by atoms with Crippen LogP contribution in [0.1, 0.15) is 29.5 Å². The zero-order valence-corrected chi connectivity index (χ0v) is 29.6. The molecule has 2 heterocycles. The highest BCUT2D eigenvalue weighted by molar-refractivity contribution is 6.58. The standard InChI is InChI=1S/C42H38BN3O8/c1-24-11-15-28(16-12-24)44-46-39(49)34-23-32-30(17-18-31-37(32)40(50)45(38(31)48)29-10-6-9-27(22-29)43(52)53)33(19-13-25-14-20-35(47)36(21-25)54-2)42(34,41(46)51)26-7-4-3-5-8-26/h3-17,19-22,31-34,37,44,47,52-53H,18,23H2,1-2H3. The summed E-state index contributed by atoms with van der Waals surface area (Å²) >= 11 is 0. The first-order valence-electron chi connectivity index (χ1n) is 17.9. The van der Waals surface area contributed by atoms with E-state index in [4.69, 9.17) is 4.74 Å². The molecule has 8 rings (SSSR count). The van der Waals surface area contributed by atoms with Crippen molar-refractivity contribution in [3.8, 4) is 11.5 Å². The molecular formula is C42H38BN3O8. The van der Waals surface area contributed by atoms with Crippen LogP contribution in [0.4, 0.5) is 11.4 Å². The monoisotopic (exact) mass is 723 g/mol. The fraction of sp³-hybridized carbons (Fsp3) is 0.238. The number of ether oxygens (including phenoxy) is 1. The number of hydrogen-bond donors (Lipinski definition) is 4. The normalized spacial score (nSPS) is 26.1. The molecule has 2 aliphatic carbocycles. The molecule has 2 saturated heterocycles. The van der Waals surface area contributed by atoms with E-state index in [0.29, 0.717) is 16.8 Å². The number of allylic oxidation sites excluding steroid dienone is 3. The van der Waals surface area contributed by atoms with Crippen molar-refractivity contribution in [2.45, 2.75) is 25.2 Å². The maximum absolute atomic E-state index is 15.2. The number of fused-ring (bicyclic) bond motifs is 4. The van der Waals surface area contributed by atoms with Crippen LogP contribution in [-0.2, 0) is 24.6 Å². The number of nitrogens with zero attached hydrogens (tertiary/aromatic N) is 2. The number of benzene rings is 4. The first-order valence-corrected chi connectivity index (χ1v) is 17.9. The van der Waals surface area contributed by atoms with Crippen LogP contribution in [0.2, 0.25) is 0 Å². The maximum Gasteiger partial charge on any atom is 0.488 e. The Morgan fingerprint density at radius 2 is 1.63 bits per heavy atom. The molecule has 3 fully saturated rings. The number of hydrazine groups is 1. The van der Waals surface area contributed by atoms with Crippen LogP contribution in [0.25, 0.3) is 6.08 Å². The van der Waals surface area contributed by atoms with Crippen LogP contribution in [0.3, 0.4) is 0 Å². The number of hydrogen-bond acceptors (Lipinski definition) is 9. The highest BCUT2D eigenvalue weighted by atomic mass is 16.5. The summed E-state index contributed by atoms with van der Waals surface area (Å²) in [5.74, 6) is -5.21. The van der Waals surface area contributed by atoms with Gasteiger partial charge in [0.25, 0.3) is 11.8 Å². The number of carbonyl (C=O) groups excluding carboxylic acids is 4. The summed E-state index contributed by atoms with van der Waals surface area (Å²) in [7, 11) is -0.336. The predicted molar refractivity (Wildman–Crippen MR) is 202 cm³/mol. The minimum atomic E-state index is -1.79. The summed E-state index contributed by atoms with van der Waals surface area (Å²) in [5.41, 5.74) is 5.75. The largest absolute Gasteiger partial charge is 0.504 e. The van der Waals surface area contributed by atoms with Gasteiger partial charge in [-0.25, -0.2) is 0 Å². The van der Waals surface area contributed by atoms with Gasteiger partial charge in [0, 0.05) is 5.92 Å². The summed E-state index contributed by atoms with van der Waals surface area (Å²) in [4.78, 5) is 59.7. The number of carbonyl (C=O) groups is 4. The van der Waals surface area contributed by atoms with Crippen molar-refractivity contribution in [2.75, 3.05) is 17.4 Å². The van der Waals surface area contributed by atoms with E-state index in [1.807, 2.05) is 67.6 Å². The highest BCUT2D eigenvalue weighted by Crippen LogP contribution is 2.61. The SMILES string of the molecule is COc1cc(C=CC2C3=CCC4C(=O)N(c5cccc(B(O)O)c5)C(=O)C4C3CC3C(=O)N(Nc4ccc(C)cc4)C(=O)C23c2ccccc2)ccc1O. The first kappa shape index (κ1) is 35.1. The van der Waals surface area contributed by atoms with Crippen molar-refractivity contribution in [3.05, 3.63) is 131 Å². The Hall–Kier alpha value is -5.98. The number of aromatic hydroxyl groups is 1. The van der Waals surface area contributed by atoms with Gasteiger partial charge < -0.3 is 19.9 Å². The molecule has 12 heteroatoms. The maximum atomic E-state index is 15.2. The lowest BCUT2D eigenvalue weighted by Gasteiger charge is -2.49. The van der Waals surface area contributed by atoms with Crippen molar-refractivity contribution in [1.29, 1.82) is 0 Å². The van der Waals surface area contributed by atoms with Gasteiger partial charge >= 0.3 is 7.12 Å². The second kappa shape index (κ2) is 13.5. The van der Waals surface area contributed by atoms with Gasteiger partial charge in [0.2, 0.25) is 11.8 Å². The lowest BCUT2D eigenvalue weighted by atomic mass is 9.50. The predicted octanol–water partition coefficient (Wildman–Crippen LogP) is 4.12. The molecule has 6 atom stereocenters. The molecule has 54 heavy (non-hydrogen) atoms. The van der Waals surface area contributed by atoms with Gasteiger partial charge in [0.05, 0.1) is 41.7 Å². The van der Waals surface area contributed by atoms with Gasteiger partial charge in [0.1, 0.15) is 0 Å². The Morgan fingerprint density at radius 1 is 0.870 bits per heavy atom. The van der Waals surface area contributed by atoms with Gasteiger partial charge in [-0.15, -0.1) is 0 Å². The third kappa shape index (κ3) is 5.43. The van der Waals surface area contributed by atoms with Crippen LogP contribution in [0.15, 0.2) is 115 Å². The van der Waals surface area contributed by atoms with Gasteiger partial charge in [-0.1, -0.05) is 90.0 Å². The lowest BCUT2D eigenvalue weighted by molar-refractivity contribution is -0.139. The van der Waals surface area contributed by atoms with Gasteiger partial charge in [-0.3, -0.25) is 29.5 Å². The Balaban J connectivity index is 1.28. The van der Waals surface area contributed by atoms with E-state index in [-0.39, 0.29) is 35.5 Å². The Labute approximate surface area is 312 Å². The first-order chi connectivity index (χ1) is 26.0. The third-order valence-corrected chi connectivity index (χ3v) is 11.6. The van der Waals surface area contributed by atoms with Crippen molar-refractivity contribution < 1.29 is 39.1 Å². The number of aryl methyl sites for hydroxylation is 1. The topological polar surface area (TPSA) is 157 Å². The van der Waals surface area contributed by atoms with Crippen molar-refractivity contribution in [2.24, 2.45) is 29.6 Å². The number of anilines is 2. The molecule has 1 saturated carbocycles. The molecule has 11 nitrogen and oxygen atoms in total. The van der Waals surface area contributed by atoms with E-state index >= 15 is 4.79 Å². The summed E-state index contributed by atoms with van der Waals surface area (Å²) in [6.07, 6.45) is 6.07. The van der Waals surface area contributed by atoms with Crippen LogP contribution < -0.4 is 20.5 Å². The number of amides is 4. The van der Waals surface area contributed by atoms with Crippen LogP contribution in [0.5, 0.6) is 11.5 Å². The minimum Gasteiger partial charge on any atom is -0.504 e. The molecule has 272 valence electrons. The Morgan fingerprint density at radius 3 is 2.35 bits per heavy atom. The molecule has 4 amide bonds. The van der Waals surface area contributed by atoms with Crippen LogP contribution in [0, 0.1) is 36.5 Å². The van der Waals surface area contributed by atoms with E-state index in [9.17, 15) is 29.5 Å². The molecule has 4 aliphatic rings. The van der Waals surface area contributed by atoms with Gasteiger partial charge in [0.15, 0.2) is 11.5 Å². The van der Waals surface area contributed by atoms with E-state index in [1.54, 1.807) is 36.4 Å². The molecule has 0 bridgehead atoms. The minimum absolute atomic E-state index is 0.0309. The van der Waals surface area contributed by atoms with Crippen molar-refractivity contribution >= 4 is 53.7 Å². The van der Waals surface area contributed by atoms with E-state index in [0.717, 1.165) is 21.0 Å². The van der Waals surface area contributed by atoms with E-state index < -0.39 is 65.8 Å². The number of phenolic OH excluding ortho intramolecular Hbond substituents is 1. The number of rotatable bonds is 8. The molecule has 6 unspecified atom stereocenters. The van der Waals surface area contributed by atoms with Crippen molar-refractivity contribution in [1.82, 2.24) is 5.01 Å². The second-order valence-electron chi connectivity index (χ2n) is 14.4. The average Bonchev–Trinajstić information content (AvgIpc) is 3.56. The zero-order valence-electron chi connectivity index (χ0n) is 29.6. The van der Waals surface area contributed by atoms with Crippen molar-refractivity contribution in [3.63, 3.8) is 0 Å². The van der Waals surface area contributed by atoms with Gasteiger partial charge in [-0.05, 0) is 78.7 Å². The number of phenols is 1. The molecule has 0 aromatic heterocycles. The van der Waals surface area contributed by atoms with E-state index in [1.165, 1.54) is 25.3 Å². The molecule has 0 radical (unpaired) electrons. The van der Waals surface area contributed by atoms with Gasteiger partial charge in [-0.2, -0.15) is 5.01 Å². The molecule has 4 N–H and O–H groups in total. The van der Waals surface area contributed by atoms with Crippen LogP contribution in [-0.4, -0.2) is 58.0 Å². The number of nitrogens with one attached hydrogen (secondary N) is 1. The summed E-state index contributed by atoms with van der Waals surface area (Å²) in [6, 6.07) is 27.6. The molecule has 2 aliphatic heterocycles. The number of imide groups is 2. The fourth-order valence-corrected chi connectivity index (χ4v) is 9.08. The third-order valence-electron chi connectivity index (χ3n) is 11.6. The fourth-order valence-electron chi connectivity index (χ4n) is 9.08. The highest BCUT2D eigenvalue weighted by Gasteiger charge is 2.69. The second-order valence-corrected chi connectivity index (χ2v) is 14.4. The molecule has 0 spiro atoms. The number of methoxy groups -OCH3 is 1. The molecular weight excluding hydrogens is 685 g/mol. The molecule has 4 aromatic carbocycles. The summed E-state index contributed by atoms with van der Waals surface area (Å²) in [6.45, 7) is 1.95. The molecule has 4 aromatic rings. The Bertz CT molecular complexity index is 2240. The summed E-state index contributed by atoms with van der Waals surface area (Å²) in [5, 5.41) is 31.1. The zero-order chi connectivity index (χ0) is 37.9. The average molecular weight is 724 g/mol. The quantitative estimate of drug-likeness (QED) is 0.119. The van der Waals surface area contributed by atoms with E-state index in [2.05, 4.69) is 5.43 Å². The van der Waals surface area contributed by atoms with Crippen LogP contribution >= 0.6 is 0 Å².